The fourth-order valence-electron chi connectivity index (χ4n) is 3.62. The summed E-state index contributed by atoms with van der Waals surface area (Å²) in [5.74, 6) is 0.558. The first-order valence-electron chi connectivity index (χ1n) is 9.18. The van der Waals surface area contributed by atoms with Crippen molar-refractivity contribution in [1.82, 2.24) is 9.21 Å². The minimum absolute atomic E-state index is 0.0242. The van der Waals surface area contributed by atoms with E-state index >= 15 is 0 Å². The summed E-state index contributed by atoms with van der Waals surface area (Å²) in [4.78, 5) is 14.5. The second-order valence-electron chi connectivity index (χ2n) is 7.03. The highest BCUT2D eigenvalue weighted by molar-refractivity contribution is 7.88. The molecule has 0 aromatic heterocycles. The fourth-order valence-corrected chi connectivity index (χ4v) is 5.33. The molecule has 2 aromatic carbocycles. The standard InChI is InChI=1S/C20H21ClN2O4S/c21-17-6-7-18-16(12-17)13-19(27-18)20(24)22-8-10-23(11-9-22)28(25,26)14-15-4-2-1-3-5-15/h1-7,12,19H,8-11,13-14H2/t19-/m0/s1. The molecule has 1 atom stereocenters. The van der Waals surface area contributed by atoms with Crippen molar-refractivity contribution in [2.75, 3.05) is 26.2 Å². The zero-order valence-corrected chi connectivity index (χ0v) is 16.8. The Kier molecular flexibility index (Phi) is 5.31. The largest absolute Gasteiger partial charge is 0.480 e. The van der Waals surface area contributed by atoms with Crippen LogP contribution in [0.5, 0.6) is 5.75 Å². The van der Waals surface area contributed by atoms with Crippen LogP contribution < -0.4 is 4.74 Å². The van der Waals surface area contributed by atoms with E-state index < -0.39 is 16.1 Å². The molecule has 0 bridgehead atoms. The van der Waals surface area contributed by atoms with Crippen LogP contribution in [0.1, 0.15) is 11.1 Å². The molecule has 1 amide bonds. The Morgan fingerprint density at radius 3 is 2.50 bits per heavy atom. The number of sulfonamides is 1. The minimum atomic E-state index is -3.40. The molecular weight excluding hydrogens is 400 g/mol. The van der Waals surface area contributed by atoms with Gasteiger partial charge in [-0.25, -0.2) is 8.42 Å². The van der Waals surface area contributed by atoms with Gasteiger partial charge in [0.05, 0.1) is 5.75 Å². The van der Waals surface area contributed by atoms with Gasteiger partial charge in [0.1, 0.15) is 5.75 Å². The molecule has 2 aliphatic rings. The number of hydrogen-bond donors (Lipinski definition) is 0. The SMILES string of the molecule is O=C([C@@H]1Cc2cc(Cl)ccc2O1)N1CCN(S(=O)(=O)Cc2ccccc2)CC1. The topological polar surface area (TPSA) is 66.9 Å². The first-order valence-corrected chi connectivity index (χ1v) is 11.2. The molecule has 4 rings (SSSR count). The number of ether oxygens (including phenoxy) is 1. The van der Waals surface area contributed by atoms with E-state index in [4.69, 9.17) is 16.3 Å². The van der Waals surface area contributed by atoms with Crippen LogP contribution in [0.25, 0.3) is 0 Å². The lowest BCUT2D eigenvalue weighted by molar-refractivity contribution is -0.139. The summed E-state index contributed by atoms with van der Waals surface area (Å²) >= 11 is 6.00. The lowest BCUT2D eigenvalue weighted by Crippen LogP contribution is -2.53. The molecule has 1 fully saturated rings. The predicted octanol–water partition coefficient (Wildman–Crippen LogP) is 2.32. The van der Waals surface area contributed by atoms with Crippen molar-refractivity contribution in [2.45, 2.75) is 18.3 Å². The van der Waals surface area contributed by atoms with Crippen molar-refractivity contribution in [1.29, 1.82) is 0 Å². The van der Waals surface area contributed by atoms with E-state index in [2.05, 4.69) is 0 Å². The Labute approximate surface area is 169 Å². The maximum atomic E-state index is 12.8. The smallest absolute Gasteiger partial charge is 0.264 e. The lowest BCUT2D eigenvalue weighted by Gasteiger charge is -2.35. The number of amides is 1. The number of halogens is 1. The molecule has 0 radical (unpaired) electrons. The van der Waals surface area contributed by atoms with Crippen LogP contribution in [-0.4, -0.2) is 55.8 Å². The van der Waals surface area contributed by atoms with E-state index in [9.17, 15) is 13.2 Å². The molecule has 0 spiro atoms. The third-order valence-electron chi connectivity index (χ3n) is 5.11. The molecule has 2 aromatic rings. The van der Waals surface area contributed by atoms with Crippen molar-refractivity contribution in [2.24, 2.45) is 0 Å². The summed E-state index contributed by atoms with van der Waals surface area (Å²) in [6.07, 6.45) is -0.0812. The van der Waals surface area contributed by atoms with Gasteiger partial charge >= 0.3 is 0 Å². The number of nitrogens with zero attached hydrogens (tertiary/aromatic N) is 2. The number of hydrogen-bond acceptors (Lipinski definition) is 4. The average Bonchev–Trinajstić information content (AvgIpc) is 3.11. The monoisotopic (exact) mass is 420 g/mol. The number of rotatable bonds is 4. The molecule has 2 heterocycles. The van der Waals surface area contributed by atoms with Gasteiger partial charge < -0.3 is 9.64 Å². The van der Waals surface area contributed by atoms with Gasteiger partial charge in [0.25, 0.3) is 5.91 Å². The molecule has 6 nitrogen and oxygen atoms in total. The normalized spacial score (nSPS) is 19.9. The molecule has 8 heteroatoms. The molecule has 2 aliphatic heterocycles. The van der Waals surface area contributed by atoms with Crippen LogP contribution >= 0.6 is 11.6 Å². The zero-order chi connectivity index (χ0) is 19.7. The van der Waals surface area contributed by atoms with Crippen molar-refractivity contribution in [3.8, 4) is 5.75 Å². The van der Waals surface area contributed by atoms with Gasteiger partial charge in [-0.05, 0) is 29.3 Å². The highest BCUT2D eigenvalue weighted by Crippen LogP contribution is 2.32. The maximum absolute atomic E-state index is 12.8. The minimum Gasteiger partial charge on any atom is -0.480 e. The Morgan fingerprint density at radius 1 is 1.07 bits per heavy atom. The number of fused-ring (bicyclic) bond motifs is 1. The molecule has 148 valence electrons. The van der Waals surface area contributed by atoms with Crippen LogP contribution in [-0.2, 0) is 27.0 Å². The Morgan fingerprint density at radius 2 is 1.79 bits per heavy atom. The van der Waals surface area contributed by atoms with Gasteiger partial charge in [0.15, 0.2) is 6.10 Å². The van der Waals surface area contributed by atoms with E-state index in [-0.39, 0.29) is 11.7 Å². The molecule has 1 saturated heterocycles. The molecule has 28 heavy (non-hydrogen) atoms. The third-order valence-corrected chi connectivity index (χ3v) is 7.19. The number of carbonyl (C=O) groups excluding carboxylic acids is 1. The number of piperazine rings is 1. The van der Waals surface area contributed by atoms with Crippen LogP contribution in [0, 0.1) is 0 Å². The number of benzene rings is 2. The molecular formula is C20H21ClN2O4S. The van der Waals surface area contributed by atoms with Gasteiger partial charge in [-0.15, -0.1) is 0 Å². The van der Waals surface area contributed by atoms with Crippen molar-refractivity contribution in [3.05, 3.63) is 64.7 Å². The van der Waals surface area contributed by atoms with Crippen molar-refractivity contribution < 1.29 is 17.9 Å². The average molecular weight is 421 g/mol. The number of carbonyl (C=O) groups is 1. The van der Waals surface area contributed by atoms with Gasteiger partial charge in [-0.1, -0.05) is 41.9 Å². The predicted molar refractivity (Wildman–Crippen MR) is 107 cm³/mol. The summed E-state index contributed by atoms with van der Waals surface area (Å²) in [5, 5.41) is 0.618. The molecule has 0 N–H and O–H groups in total. The maximum Gasteiger partial charge on any atom is 0.264 e. The van der Waals surface area contributed by atoms with Gasteiger partial charge in [-0.2, -0.15) is 4.31 Å². The van der Waals surface area contributed by atoms with Gasteiger partial charge in [0.2, 0.25) is 10.0 Å². The van der Waals surface area contributed by atoms with E-state index in [1.165, 1.54) is 4.31 Å². The zero-order valence-electron chi connectivity index (χ0n) is 15.3. The first kappa shape index (κ1) is 19.2. The first-order chi connectivity index (χ1) is 13.4. The molecule has 0 unspecified atom stereocenters. The van der Waals surface area contributed by atoms with Crippen molar-refractivity contribution >= 4 is 27.5 Å². The summed E-state index contributed by atoms with van der Waals surface area (Å²) in [6.45, 7) is 1.33. The van der Waals surface area contributed by atoms with Crippen LogP contribution in [0.15, 0.2) is 48.5 Å². The van der Waals surface area contributed by atoms with E-state index in [1.54, 1.807) is 29.2 Å². The summed E-state index contributed by atoms with van der Waals surface area (Å²) in [5.41, 5.74) is 1.69. The molecule has 0 aliphatic carbocycles. The Hall–Kier alpha value is -2.09. The summed E-state index contributed by atoms with van der Waals surface area (Å²) in [6, 6.07) is 14.5. The van der Waals surface area contributed by atoms with Crippen LogP contribution in [0.2, 0.25) is 5.02 Å². The summed E-state index contributed by atoms with van der Waals surface area (Å²) < 4.78 is 32.5. The van der Waals surface area contributed by atoms with Gasteiger partial charge in [0, 0.05) is 37.6 Å². The van der Waals surface area contributed by atoms with E-state index in [0.29, 0.717) is 43.4 Å². The van der Waals surface area contributed by atoms with Crippen LogP contribution in [0.4, 0.5) is 0 Å². The highest BCUT2D eigenvalue weighted by Gasteiger charge is 2.35. The Bertz CT molecular complexity index is 973. The highest BCUT2D eigenvalue weighted by atomic mass is 35.5. The van der Waals surface area contributed by atoms with Gasteiger partial charge in [-0.3, -0.25) is 4.79 Å². The quantitative estimate of drug-likeness (QED) is 0.761. The molecule has 0 saturated carbocycles. The Balaban J connectivity index is 1.35. The summed E-state index contributed by atoms with van der Waals surface area (Å²) in [7, 11) is -3.40. The second kappa shape index (κ2) is 7.73. The van der Waals surface area contributed by atoms with Crippen molar-refractivity contribution in [3.63, 3.8) is 0 Å². The lowest BCUT2D eigenvalue weighted by atomic mass is 10.1. The third kappa shape index (κ3) is 4.01. The fraction of sp³-hybridized carbons (Fsp3) is 0.350. The van der Waals surface area contributed by atoms with E-state index in [1.807, 2.05) is 24.3 Å². The second-order valence-corrected chi connectivity index (χ2v) is 9.43. The van der Waals surface area contributed by atoms with Crippen LogP contribution in [0.3, 0.4) is 0 Å². The van der Waals surface area contributed by atoms with E-state index in [0.717, 1.165) is 11.1 Å².